The Morgan fingerprint density at radius 2 is 2.20 bits per heavy atom. The highest BCUT2D eigenvalue weighted by Crippen LogP contribution is 2.10. The molecule has 1 fully saturated rings. The Morgan fingerprint density at radius 1 is 1.60 bits per heavy atom. The van der Waals surface area contributed by atoms with Gasteiger partial charge in [-0.05, 0) is 13.8 Å². The van der Waals surface area contributed by atoms with E-state index in [2.05, 4.69) is 5.32 Å². The fraction of sp³-hybridized carbons (Fsp3) is 1.00. The van der Waals surface area contributed by atoms with E-state index in [9.17, 15) is 4.55 Å². The van der Waals surface area contributed by atoms with Crippen LogP contribution in [0.5, 0.6) is 0 Å². The predicted molar refractivity (Wildman–Crippen MR) is 44.5 cm³/mol. The maximum atomic E-state index is 11.2. The van der Waals surface area contributed by atoms with Crippen LogP contribution < -0.4 is 5.32 Å². The quantitative estimate of drug-likeness (QED) is 0.607. The van der Waals surface area contributed by atoms with E-state index in [4.69, 9.17) is 0 Å². The van der Waals surface area contributed by atoms with Gasteiger partial charge in [-0.1, -0.05) is 11.2 Å². The summed E-state index contributed by atoms with van der Waals surface area (Å²) in [6.45, 7) is 6.17. The summed E-state index contributed by atoms with van der Waals surface area (Å²) in [6.07, 6.45) is 0. The Labute approximate surface area is 65.6 Å². The van der Waals surface area contributed by atoms with Crippen LogP contribution in [0.1, 0.15) is 13.8 Å². The Morgan fingerprint density at radius 3 is 2.50 bits per heavy atom. The fourth-order valence-electron chi connectivity index (χ4n) is 0.891. The van der Waals surface area contributed by atoms with Crippen molar-refractivity contribution in [2.45, 2.75) is 19.1 Å². The van der Waals surface area contributed by atoms with Gasteiger partial charge in [0.05, 0.1) is 0 Å². The van der Waals surface area contributed by atoms with Crippen molar-refractivity contribution >= 4 is 11.2 Å². The minimum absolute atomic E-state index is 0.334. The van der Waals surface area contributed by atoms with Crippen molar-refractivity contribution < 1.29 is 4.55 Å². The maximum absolute atomic E-state index is 11.2. The van der Waals surface area contributed by atoms with Gasteiger partial charge in [-0.3, -0.25) is 0 Å². The number of nitrogens with one attached hydrogen (secondary N) is 1. The van der Waals surface area contributed by atoms with Gasteiger partial charge in [0.2, 0.25) is 0 Å². The van der Waals surface area contributed by atoms with E-state index < -0.39 is 11.2 Å². The molecule has 1 aliphatic heterocycles. The van der Waals surface area contributed by atoms with Gasteiger partial charge in [0.1, 0.15) is 11.0 Å². The van der Waals surface area contributed by atoms with Crippen LogP contribution in [-0.2, 0) is 11.2 Å². The first-order valence-electron chi connectivity index (χ1n) is 3.78. The van der Waals surface area contributed by atoms with E-state index in [1.165, 1.54) is 0 Å². The lowest BCUT2D eigenvalue weighted by Gasteiger charge is -2.28. The van der Waals surface area contributed by atoms with Crippen LogP contribution in [0.15, 0.2) is 0 Å². The van der Waals surface area contributed by atoms with Crippen LogP contribution in [0, 0.1) is 5.92 Å². The van der Waals surface area contributed by atoms with Gasteiger partial charge in [-0.25, -0.2) is 0 Å². The fourth-order valence-corrected chi connectivity index (χ4v) is 1.98. The van der Waals surface area contributed by atoms with Crippen molar-refractivity contribution in [3.05, 3.63) is 0 Å². The molecule has 2 nitrogen and oxygen atoms in total. The highest BCUT2D eigenvalue weighted by molar-refractivity contribution is 7.91. The van der Waals surface area contributed by atoms with Crippen molar-refractivity contribution in [3.63, 3.8) is 0 Å². The number of hydrogen-bond donors (Lipinski definition) is 1. The van der Waals surface area contributed by atoms with Gasteiger partial charge in [0, 0.05) is 19.0 Å². The monoisotopic (exact) mass is 161 g/mol. The molecule has 1 heterocycles. The summed E-state index contributed by atoms with van der Waals surface area (Å²) in [7, 11) is 0. The molecule has 0 bridgehead atoms. The predicted octanol–water partition coefficient (Wildman–Crippen LogP) is 0.363. The first-order valence-corrected chi connectivity index (χ1v) is 5.16. The zero-order chi connectivity index (χ0) is 7.56. The maximum Gasteiger partial charge on any atom is 0.111 e. The SMILES string of the molecule is CC(C)[S+]([O-])CC1CNC1. The molecule has 1 rings (SSSR count). The highest BCUT2D eigenvalue weighted by atomic mass is 32.2. The van der Waals surface area contributed by atoms with Crippen LogP contribution >= 0.6 is 0 Å². The molecule has 1 aliphatic rings. The molecule has 0 amide bonds. The molecule has 10 heavy (non-hydrogen) atoms. The number of rotatable bonds is 3. The summed E-state index contributed by atoms with van der Waals surface area (Å²) in [5.74, 6) is 1.58. The Balaban J connectivity index is 2.10. The zero-order valence-corrected chi connectivity index (χ0v) is 7.41. The van der Waals surface area contributed by atoms with Crippen molar-refractivity contribution in [2.75, 3.05) is 18.8 Å². The second kappa shape index (κ2) is 3.60. The topological polar surface area (TPSA) is 35.1 Å². The largest absolute Gasteiger partial charge is 0.616 e. The molecule has 1 unspecified atom stereocenters. The third-order valence-electron chi connectivity index (χ3n) is 1.79. The lowest BCUT2D eigenvalue weighted by Crippen LogP contribution is -2.46. The Hall–Kier alpha value is 0.270. The summed E-state index contributed by atoms with van der Waals surface area (Å²) in [5.41, 5.74) is 0. The molecule has 0 aliphatic carbocycles. The van der Waals surface area contributed by atoms with Crippen molar-refractivity contribution in [1.82, 2.24) is 5.32 Å². The molecule has 0 aromatic heterocycles. The average molecular weight is 161 g/mol. The van der Waals surface area contributed by atoms with Crippen molar-refractivity contribution in [1.29, 1.82) is 0 Å². The summed E-state index contributed by atoms with van der Waals surface area (Å²) in [6, 6.07) is 0. The lowest BCUT2D eigenvalue weighted by molar-refractivity contribution is 0.378. The van der Waals surface area contributed by atoms with E-state index in [1.54, 1.807) is 0 Å². The summed E-state index contributed by atoms with van der Waals surface area (Å²) in [5, 5.41) is 3.50. The van der Waals surface area contributed by atoms with E-state index in [1.807, 2.05) is 13.8 Å². The molecule has 0 aromatic carbocycles. The molecular formula is C7H15NOS. The normalized spacial score (nSPS) is 22.8. The first-order chi connectivity index (χ1) is 4.70. The van der Waals surface area contributed by atoms with E-state index >= 15 is 0 Å². The van der Waals surface area contributed by atoms with Crippen molar-refractivity contribution in [3.8, 4) is 0 Å². The molecule has 3 heteroatoms. The smallest absolute Gasteiger partial charge is 0.111 e. The molecule has 1 N–H and O–H groups in total. The summed E-state index contributed by atoms with van der Waals surface area (Å²) < 4.78 is 11.2. The van der Waals surface area contributed by atoms with Crippen LogP contribution in [0.25, 0.3) is 0 Å². The zero-order valence-electron chi connectivity index (χ0n) is 6.59. The van der Waals surface area contributed by atoms with Crippen LogP contribution in [0.2, 0.25) is 0 Å². The van der Waals surface area contributed by atoms with E-state index in [0.29, 0.717) is 11.2 Å². The number of hydrogen-bond acceptors (Lipinski definition) is 2. The summed E-state index contributed by atoms with van der Waals surface area (Å²) >= 11 is -0.590. The molecule has 1 saturated heterocycles. The van der Waals surface area contributed by atoms with Gasteiger partial charge in [0.25, 0.3) is 0 Å². The molecule has 1 atom stereocenters. The Bertz CT molecular complexity index is 104. The molecule has 0 aromatic rings. The second-order valence-electron chi connectivity index (χ2n) is 3.12. The third kappa shape index (κ3) is 2.15. The van der Waals surface area contributed by atoms with Crippen molar-refractivity contribution in [2.24, 2.45) is 5.92 Å². The molecule has 0 spiro atoms. The minimum Gasteiger partial charge on any atom is -0.616 e. The van der Waals surface area contributed by atoms with Gasteiger partial charge in [-0.2, -0.15) is 0 Å². The molecular weight excluding hydrogens is 146 g/mol. The standard InChI is InChI=1S/C7H15NOS/c1-6(2)10(9)5-7-3-8-4-7/h6-8H,3-5H2,1-2H3. The molecule has 60 valence electrons. The van der Waals surface area contributed by atoms with Gasteiger partial charge >= 0.3 is 0 Å². The van der Waals surface area contributed by atoms with Gasteiger partial charge in [0.15, 0.2) is 0 Å². The first kappa shape index (κ1) is 8.37. The van der Waals surface area contributed by atoms with Crippen LogP contribution in [0.3, 0.4) is 0 Å². The second-order valence-corrected chi connectivity index (χ2v) is 5.16. The highest BCUT2D eigenvalue weighted by Gasteiger charge is 2.24. The van der Waals surface area contributed by atoms with E-state index in [-0.39, 0.29) is 0 Å². The summed E-state index contributed by atoms with van der Waals surface area (Å²) in [4.78, 5) is 0. The average Bonchev–Trinajstić information content (AvgIpc) is 1.77. The van der Waals surface area contributed by atoms with Gasteiger partial charge in [-0.15, -0.1) is 0 Å². The van der Waals surface area contributed by atoms with Gasteiger partial charge < -0.3 is 9.87 Å². The Kier molecular flexibility index (Phi) is 3.01. The molecule has 0 radical (unpaired) electrons. The van der Waals surface area contributed by atoms with E-state index in [0.717, 1.165) is 18.8 Å². The molecule has 0 saturated carbocycles. The minimum atomic E-state index is -0.590. The lowest BCUT2D eigenvalue weighted by atomic mass is 10.1. The van der Waals surface area contributed by atoms with Crippen LogP contribution in [-0.4, -0.2) is 28.6 Å². The third-order valence-corrected chi connectivity index (χ3v) is 3.64. The van der Waals surface area contributed by atoms with Crippen LogP contribution in [0.4, 0.5) is 0 Å².